The zero-order valence-corrected chi connectivity index (χ0v) is 72.6. The number of carbonyl (C=O) groups excluding carboxylic acids is 4. The fraction of sp³-hybridized carbons (Fsp3) is 0.514. The lowest BCUT2D eigenvalue weighted by Gasteiger charge is -2.22. The summed E-state index contributed by atoms with van der Waals surface area (Å²) in [6.45, 7) is 8.05. The van der Waals surface area contributed by atoms with Crippen molar-refractivity contribution in [2.75, 3.05) is 155 Å². The normalized spacial score (nSPS) is 12.0. The Bertz CT molecular complexity index is 3720. The second kappa shape index (κ2) is 58.8. The number of carbonyl (C=O) groups is 4. The van der Waals surface area contributed by atoms with Crippen LogP contribution in [0.4, 0.5) is 0 Å². The van der Waals surface area contributed by atoms with E-state index in [0.29, 0.717) is 115 Å². The van der Waals surface area contributed by atoms with Crippen LogP contribution >= 0.6 is 86.4 Å². The first-order chi connectivity index (χ1) is 56.4. The predicted molar refractivity (Wildman–Crippen MR) is 470 cm³/mol. The lowest BCUT2D eigenvalue weighted by molar-refractivity contribution is -0.121. The van der Waals surface area contributed by atoms with Crippen LogP contribution in [-0.2, 0) is 139 Å². The standard InChI is InChI=1S/C74H106B4N16O13S8/c75-45-57-1-9-67(10-2-57)112-108-37-17-79-71(95)41-61-49-91(87-83-61)21-25-99-29-31-103-53-65(106-35-33-101-27-23-93-51-63(85-89-93)43-73(97)81-19-39-110-114-69-13-5-59(47-77)6-14-69)55-105-56-66(107-36-34-102-28-24-94-52-64(86-90-94)44-74(98)82-20-40-111-115-70-15-7-60(48-78)8-16-70)54-104-32-30-100-26-22-92-50-62(84-88-92)42-72(96)80-18-38-109-113-68-11-3-58(46-76)4-12-68/h1-16,49-52,65-66H,17-48,53-56,75-78H2,(H,79,95)(H,80,96)(H,81,97)(H,82,98). The average Bonchev–Trinajstić information content (AvgIpc) is 1.89. The SMILES string of the molecule is BCc1ccc(SSCCNC(=O)Cc2cn(CCOCCOCC(COCC(COCCOCCn3cc(CC(=O)NCCSSc4ccc(CB)cc4)nn3)OCCOCCn3cc(CC(=O)NCCSSc4ccc(CB)cc4)nn3)OCCOCCn3cc(CC(=O)NCCSSc4ccc(CB)cc4)nn3)nn2)cc1. The van der Waals surface area contributed by atoms with Gasteiger partial charge >= 0.3 is 0 Å². The van der Waals surface area contributed by atoms with E-state index < -0.39 is 12.2 Å². The van der Waals surface area contributed by atoms with Crippen molar-refractivity contribution in [1.82, 2.24) is 81.2 Å². The molecular formula is C74H106B4N16O13S8. The molecule has 4 N–H and O–H groups in total. The van der Waals surface area contributed by atoms with E-state index in [-0.39, 0.29) is 115 Å². The molecule has 0 aliphatic heterocycles. The van der Waals surface area contributed by atoms with Crippen molar-refractivity contribution in [3.63, 3.8) is 0 Å². The van der Waals surface area contributed by atoms with Crippen molar-refractivity contribution in [3.05, 3.63) is 167 Å². The van der Waals surface area contributed by atoms with Crippen LogP contribution in [0.15, 0.2) is 141 Å². The fourth-order valence-electron chi connectivity index (χ4n) is 10.4. The predicted octanol–water partition coefficient (Wildman–Crippen LogP) is 3.97. The maximum Gasteiger partial charge on any atom is 0.226 e. The number of aromatic nitrogens is 12. The molecule has 29 nitrogen and oxygen atoms in total. The minimum atomic E-state index is -0.506. The second-order valence-corrected chi connectivity index (χ2v) is 35.7. The van der Waals surface area contributed by atoms with Crippen LogP contribution < -0.4 is 21.3 Å². The van der Waals surface area contributed by atoms with Gasteiger partial charge in [0.25, 0.3) is 0 Å². The van der Waals surface area contributed by atoms with E-state index in [9.17, 15) is 19.2 Å². The van der Waals surface area contributed by atoms with Crippen LogP contribution in [0, 0.1) is 0 Å². The summed E-state index contributed by atoms with van der Waals surface area (Å²) in [4.78, 5) is 55.6. The van der Waals surface area contributed by atoms with Gasteiger partial charge in [-0.3, -0.25) is 19.2 Å². The summed E-state index contributed by atoms with van der Waals surface area (Å²) < 4.78 is 61.5. The van der Waals surface area contributed by atoms with E-state index in [0.717, 1.165) is 48.3 Å². The first kappa shape index (κ1) is 94.5. The highest BCUT2D eigenvalue weighted by atomic mass is 33.1. The number of rotatable bonds is 66. The van der Waals surface area contributed by atoms with Crippen molar-refractivity contribution in [3.8, 4) is 0 Å². The molecule has 2 unspecified atom stereocenters. The Kier molecular flexibility index (Phi) is 48.3. The number of benzene rings is 4. The number of ether oxygens (including phenoxy) is 9. The average molecular weight is 1730 g/mol. The molecule has 4 heterocycles. The van der Waals surface area contributed by atoms with Crippen molar-refractivity contribution < 1.29 is 61.8 Å². The van der Waals surface area contributed by atoms with Gasteiger partial charge in [0, 0.05) is 93.6 Å². The van der Waals surface area contributed by atoms with Gasteiger partial charge in [-0.25, -0.2) is 18.7 Å². The summed E-state index contributed by atoms with van der Waals surface area (Å²) >= 11 is 0. The molecule has 115 heavy (non-hydrogen) atoms. The van der Waals surface area contributed by atoms with E-state index in [1.165, 1.54) is 41.8 Å². The Morgan fingerprint density at radius 3 is 0.800 bits per heavy atom. The zero-order chi connectivity index (χ0) is 80.8. The minimum Gasteiger partial charge on any atom is -0.377 e. The highest BCUT2D eigenvalue weighted by molar-refractivity contribution is 8.77. The Morgan fingerprint density at radius 2 is 0.548 bits per heavy atom. The molecule has 4 amide bonds. The third-order valence-electron chi connectivity index (χ3n) is 16.7. The number of nitrogens with one attached hydrogen (secondary N) is 4. The maximum absolute atomic E-state index is 12.7. The summed E-state index contributed by atoms with van der Waals surface area (Å²) in [6, 6.07) is 34.2. The van der Waals surface area contributed by atoms with Crippen molar-refractivity contribution in [1.29, 1.82) is 0 Å². The number of hydrogen-bond acceptors (Lipinski definition) is 29. The third kappa shape index (κ3) is 42.0. The molecule has 0 bridgehead atoms. The first-order valence-corrected chi connectivity index (χ1v) is 48.2. The third-order valence-corrected chi connectivity index (χ3v) is 26.2. The van der Waals surface area contributed by atoms with Crippen LogP contribution in [0.25, 0.3) is 0 Å². The second-order valence-electron chi connectivity index (χ2n) is 25.7. The van der Waals surface area contributed by atoms with Gasteiger partial charge in [-0.05, 0) is 48.5 Å². The van der Waals surface area contributed by atoms with E-state index in [2.05, 4.69) is 191 Å². The molecular weight excluding hydrogens is 1620 g/mol. The molecule has 41 heteroatoms. The maximum atomic E-state index is 12.7. The first-order valence-electron chi connectivity index (χ1n) is 38.9. The molecule has 0 radical (unpaired) electrons. The molecule has 8 rings (SSSR count). The summed E-state index contributed by atoms with van der Waals surface area (Å²) in [5.41, 5.74) is 7.50. The van der Waals surface area contributed by atoms with Crippen molar-refractivity contribution >= 4 is 141 Å². The molecule has 0 aliphatic carbocycles. The Hall–Kier alpha value is -5.98. The Morgan fingerprint density at radius 1 is 0.313 bits per heavy atom. The number of hydrogen-bond donors (Lipinski definition) is 4. The smallest absolute Gasteiger partial charge is 0.226 e. The molecule has 0 spiro atoms. The summed E-state index contributed by atoms with van der Waals surface area (Å²) in [5.74, 6) is 2.60. The number of amides is 4. The van der Waals surface area contributed by atoms with Crippen LogP contribution in [0.3, 0.4) is 0 Å². The molecule has 4 aromatic carbocycles. The largest absolute Gasteiger partial charge is 0.377 e. The molecule has 620 valence electrons. The van der Waals surface area contributed by atoms with E-state index in [4.69, 9.17) is 42.6 Å². The van der Waals surface area contributed by atoms with Gasteiger partial charge in [0.15, 0.2) is 0 Å². The van der Waals surface area contributed by atoms with Gasteiger partial charge in [-0.2, -0.15) is 0 Å². The zero-order valence-electron chi connectivity index (χ0n) is 66.1. The molecule has 0 aliphatic rings. The van der Waals surface area contributed by atoms with Crippen LogP contribution in [0.5, 0.6) is 0 Å². The van der Waals surface area contributed by atoms with Gasteiger partial charge in [0.05, 0.1) is 180 Å². The van der Waals surface area contributed by atoms with E-state index in [1.807, 2.05) is 0 Å². The Labute approximate surface area is 709 Å². The molecule has 4 aromatic heterocycles. The molecule has 8 aromatic rings. The van der Waals surface area contributed by atoms with Crippen molar-refractivity contribution in [2.45, 2.75) is 109 Å². The van der Waals surface area contributed by atoms with Crippen molar-refractivity contribution in [2.24, 2.45) is 0 Å². The number of nitrogens with zero attached hydrogens (tertiary/aromatic N) is 12. The van der Waals surface area contributed by atoms with Crippen LogP contribution in [0.1, 0.15) is 45.0 Å². The van der Waals surface area contributed by atoms with E-state index in [1.54, 1.807) is 130 Å². The van der Waals surface area contributed by atoms with Gasteiger partial charge in [-0.1, -0.05) is 203 Å². The van der Waals surface area contributed by atoms with Gasteiger partial charge in [-0.15, -0.1) is 20.4 Å². The molecule has 2 atom stereocenters. The quantitative estimate of drug-likeness (QED) is 0.0238. The van der Waals surface area contributed by atoms with E-state index >= 15 is 0 Å². The van der Waals surface area contributed by atoms with Gasteiger partial charge in [0.2, 0.25) is 23.6 Å². The van der Waals surface area contributed by atoms with Crippen LogP contribution in [-0.4, -0.2) is 282 Å². The molecule has 0 saturated heterocycles. The lowest BCUT2D eigenvalue weighted by atomic mass is 9.97. The monoisotopic (exact) mass is 1730 g/mol. The van der Waals surface area contributed by atoms with Crippen LogP contribution in [0.2, 0.25) is 0 Å². The van der Waals surface area contributed by atoms with Gasteiger partial charge in [0.1, 0.15) is 43.6 Å². The lowest BCUT2D eigenvalue weighted by Crippen LogP contribution is -2.32. The fourth-order valence-corrected chi connectivity index (χ4v) is 18.0. The summed E-state index contributed by atoms with van der Waals surface area (Å²) in [6.07, 6.45) is 10.5. The highest BCUT2D eigenvalue weighted by Gasteiger charge is 2.18. The topological polar surface area (TPSA) is 322 Å². The molecule has 0 saturated carbocycles. The summed E-state index contributed by atoms with van der Waals surface area (Å²) in [7, 11) is 22.2. The minimum absolute atomic E-state index is 0.113. The Balaban J connectivity index is 0.753. The summed E-state index contributed by atoms with van der Waals surface area (Å²) in [5, 5.41) is 45.5. The van der Waals surface area contributed by atoms with Gasteiger partial charge < -0.3 is 63.9 Å². The highest BCUT2D eigenvalue weighted by Crippen LogP contribution is 2.33. The molecule has 0 fully saturated rings.